The zero-order valence-electron chi connectivity index (χ0n) is 10.8. The van der Waals surface area contributed by atoms with E-state index in [2.05, 4.69) is 5.32 Å². The van der Waals surface area contributed by atoms with Crippen molar-refractivity contribution in [1.29, 1.82) is 0 Å². The summed E-state index contributed by atoms with van der Waals surface area (Å²) in [6.45, 7) is 1.83. The van der Waals surface area contributed by atoms with Crippen molar-refractivity contribution < 1.29 is 9.31 Å². The highest BCUT2D eigenvalue weighted by molar-refractivity contribution is 5.62. The Hall–Kier alpha value is -2.63. The number of benzene rings is 2. The van der Waals surface area contributed by atoms with Crippen LogP contribution in [0, 0.1) is 15.9 Å². The lowest BCUT2D eigenvalue weighted by Gasteiger charge is -2.16. The molecule has 3 N–H and O–H groups in total. The molecular weight excluding hydrogens is 261 g/mol. The molecule has 0 aliphatic heterocycles. The molecule has 2 aromatic rings. The Balaban J connectivity index is 2.27. The lowest BCUT2D eigenvalue weighted by molar-refractivity contribution is -0.384. The molecule has 20 heavy (non-hydrogen) atoms. The van der Waals surface area contributed by atoms with Crippen LogP contribution in [0.25, 0.3) is 0 Å². The molecule has 5 nitrogen and oxygen atoms in total. The van der Waals surface area contributed by atoms with Gasteiger partial charge in [0.2, 0.25) is 0 Å². The number of nitro groups is 1. The average Bonchev–Trinajstić information content (AvgIpc) is 2.39. The largest absolute Gasteiger partial charge is 0.399 e. The average molecular weight is 275 g/mol. The summed E-state index contributed by atoms with van der Waals surface area (Å²) in [7, 11) is 0. The molecule has 0 saturated carbocycles. The molecule has 0 bridgehead atoms. The molecule has 0 saturated heterocycles. The number of hydrogen-bond donors (Lipinski definition) is 2. The molecule has 1 atom stereocenters. The van der Waals surface area contributed by atoms with Gasteiger partial charge in [0, 0.05) is 23.9 Å². The monoisotopic (exact) mass is 275 g/mol. The molecular formula is C14H14FN3O2. The molecule has 0 amide bonds. The molecule has 0 aromatic heterocycles. The SMILES string of the molecule is CC(Nc1cc(F)ccc1[N+](=O)[O-])c1ccc(N)cc1. The van der Waals surface area contributed by atoms with E-state index in [1.54, 1.807) is 12.1 Å². The van der Waals surface area contributed by atoms with E-state index in [4.69, 9.17) is 5.73 Å². The molecule has 0 aliphatic carbocycles. The number of halogens is 1. The van der Waals surface area contributed by atoms with Gasteiger partial charge in [-0.1, -0.05) is 12.1 Å². The molecule has 0 heterocycles. The fourth-order valence-corrected chi connectivity index (χ4v) is 1.88. The summed E-state index contributed by atoms with van der Waals surface area (Å²) in [4.78, 5) is 10.4. The highest BCUT2D eigenvalue weighted by Crippen LogP contribution is 2.29. The minimum absolute atomic E-state index is 0.152. The second-order valence-corrected chi connectivity index (χ2v) is 4.45. The van der Waals surface area contributed by atoms with Gasteiger partial charge in [-0.15, -0.1) is 0 Å². The second-order valence-electron chi connectivity index (χ2n) is 4.45. The maximum absolute atomic E-state index is 13.2. The summed E-state index contributed by atoms with van der Waals surface area (Å²) in [6, 6.07) is 10.2. The van der Waals surface area contributed by atoms with Gasteiger partial charge in [0.05, 0.1) is 4.92 Å². The predicted octanol–water partition coefficient (Wildman–Crippen LogP) is 3.49. The topological polar surface area (TPSA) is 81.2 Å². The van der Waals surface area contributed by atoms with Crippen molar-refractivity contribution >= 4 is 17.1 Å². The standard InChI is InChI=1S/C14H14FN3O2/c1-9(10-2-5-12(16)6-3-10)17-13-8-11(15)4-7-14(13)18(19)20/h2-9,17H,16H2,1H3. The van der Waals surface area contributed by atoms with Gasteiger partial charge in [0.25, 0.3) is 5.69 Å². The van der Waals surface area contributed by atoms with Gasteiger partial charge in [-0.25, -0.2) is 4.39 Å². The quantitative estimate of drug-likeness (QED) is 0.508. The number of hydrogen-bond acceptors (Lipinski definition) is 4. The second kappa shape index (κ2) is 5.56. The summed E-state index contributed by atoms with van der Waals surface area (Å²) in [5.41, 5.74) is 7.13. The lowest BCUT2D eigenvalue weighted by Crippen LogP contribution is -2.08. The van der Waals surface area contributed by atoms with Crippen LogP contribution in [0.4, 0.5) is 21.5 Å². The maximum Gasteiger partial charge on any atom is 0.292 e. The van der Waals surface area contributed by atoms with Crippen molar-refractivity contribution in [2.75, 3.05) is 11.1 Å². The smallest absolute Gasteiger partial charge is 0.292 e. The molecule has 6 heteroatoms. The minimum Gasteiger partial charge on any atom is -0.399 e. The van der Waals surface area contributed by atoms with Crippen LogP contribution in [0.2, 0.25) is 0 Å². The fraction of sp³-hybridized carbons (Fsp3) is 0.143. The van der Waals surface area contributed by atoms with Gasteiger partial charge in [0.1, 0.15) is 11.5 Å². The van der Waals surface area contributed by atoms with Crippen molar-refractivity contribution in [2.45, 2.75) is 13.0 Å². The summed E-state index contributed by atoms with van der Waals surface area (Å²) < 4.78 is 13.2. The van der Waals surface area contributed by atoms with E-state index < -0.39 is 10.7 Å². The third kappa shape index (κ3) is 3.03. The van der Waals surface area contributed by atoms with Gasteiger partial charge >= 0.3 is 0 Å². The number of anilines is 2. The van der Waals surface area contributed by atoms with Crippen LogP contribution in [0.1, 0.15) is 18.5 Å². The van der Waals surface area contributed by atoms with E-state index in [1.807, 2.05) is 19.1 Å². The van der Waals surface area contributed by atoms with Crippen molar-refractivity contribution in [3.05, 3.63) is 64.0 Å². The van der Waals surface area contributed by atoms with Gasteiger partial charge < -0.3 is 11.1 Å². The normalized spacial score (nSPS) is 11.9. The summed E-state index contributed by atoms with van der Waals surface area (Å²) >= 11 is 0. The Bertz CT molecular complexity index is 629. The van der Waals surface area contributed by atoms with Gasteiger partial charge in [-0.05, 0) is 30.7 Å². The molecule has 104 valence electrons. The van der Waals surface area contributed by atoms with Crippen molar-refractivity contribution in [3.63, 3.8) is 0 Å². The zero-order chi connectivity index (χ0) is 14.7. The van der Waals surface area contributed by atoms with Crippen LogP contribution < -0.4 is 11.1 Å². The summed E-state index contributed by atoms with van der Waals surface area (Å²) in [5, 5.41) is 13.9. The summed E-state index contributed by atoms with van der Waals surface area (Å²) in [5.74, 6) is -0.525. The first-order chi connectivity index (χ1) is 9.47. The molecule has 0 fully saturated rings. The number of nitro benzene ring substituents is 1. The fourth-order valence-electron chi connectivity index (χ4n) is 1.88. The van der Waals surface area contributed by atoms with E-state index in [0.717, 1.165) is 23.8 Å². The first-order valence-electron chi connectivity index (χ1n) is 6.03. The Morgan fingerprint density at radius 3 is 2.50 bits per heavy atom. The van der Waals surface area contributed by atoms with Crippen LogP contribution in [0.5, 0.6) is 0 Å². The van der Waals surface area contributed by atoms with Crippen molar-refractivity contribution in [2.24, 2.45) is 0 Å². The maximum atomic E-state index is 13.2. The van der Waals surface area contributed by atoms with E-state index in [-0.39, 0.29) is 17.4 Å². The van der Waals surface area contributed by atoms with Crippen LogP contribution >= 0.6 is 0 Å². The Labute approximate surface area is 115 Å². The first-order valence-corrected chi connectivity index (χ1v) is 6.03. The predicted molar refractivity (Wildman–Crippen MR) is 75.9 cm³/mol. The highest BCUT2D eigenvalue weighted by Gasteiger charge is 2.16. The van der Waals surface area contributed by atoms with E-state index in [1.165, 1.54) is 0 Å². The van der Waals surface area contributed by atoms with E-state index in [9.17, 15) is 14.5 Å². The third-order valence-corrected chi connectivity index (χ3v) is 2.96. The van der Waals surface area contributed by atoms with Crippen LogP contribution in [0.15, 0.2) is 42.5 Å². The van der Waals surface area contributed by atoms with Crippen molar-refractivity contribution in [1.82, 2.24) is 0 Å². The number of nitrogen functional groups attached to an aromatic ring is 1. The lowest BCUT2D eigenvalue weighted by atomic mass is 10.1. The molecule has 2 rings (SSSR count). The molecule has 2 aromatic carbocycles. The van der Waals surface area contributed by atoms with Crippen LogP contribution in [-0.4, -0.2) is 4.92 Å². The number of nitrogens with two attached hydrogens (primary N) is 1. The van der Waals surface area contributed by atoms with Crippen LogP contribution in [-0.2, 0) is 0 Å². The van der Waals surface area contributed by atoms with E-state index in [0.29, 0.717) is 5.69 Å². The molecule has 0 radical (unpaired) electrons. The summed E-state index contributed by atoms with van der Waals surface area (Å²) in [6.07, 6.45) is 0. The van der Waals surface area contributed by atoms with Crippen molar-refractivity contribution in [3.8, 4) is 0 Å². The van der Waals surface area contributed by atoms with Gasteiger partial charge in [-0.3, -0.25) is 10.1 Å². The minimum atomic E-state index is -0.544. The number of nitrogens with one attached hydrogen (secondary N) is 1. The van der Waals surface area contributed by atoms with Crippen LogP contribution in [0.3, 0.4) is 0 Å². The Kier molecular flexibility index (Phi) is 3.84. The van der Waals surface area contributed by atoms with Gasteiger partial charge in [0.15, 0.2) is 0 Å². The highest BCUT2D eigenvalue weighted by atomic mass is 19.1. The molecule has 0 spiro atoms. The van der Waals surface area contributed by atoms with Gasteiger partial charge in [-0.2, -0.15) is 0 Å². The molecule has 0 aliphatic rings. The molecule has 1 unspecified atom stereocenters. The van der Waals surface area contributed by atoms with E-state index >= 15 is 0 Å². The zero-order valence-corrected chi connectivity index (χ0v) is 10.8. The third-order valence-electron chi connectivity index (χ3n) is 2.96. The Morgan fingerprint density at radius 1 is 1.25 bits per heavy atom. The number of nitrogens with zero attached hydrogens (tertiary/aromatic N) is 1. The number of rotatable bonds is 4. The first kappa shape index (κ1) is 13.8. The Morgan fingerprint density at radius 2 is 1.90 bits per heavy atom.